The molecule has 0 aliphatic carbocycles. The van der Waals surface area contributed by atoms with Crippen LogP contribution in [0.3, 0.4) is 0 Å². The number of aromatic nitrogens is 1. The lowest BCUT2D eigenvalue weighted by Gasteiger charge is -2.14. The summed E-state index contributed by atoms with van der Waals surface area (Å²) in [6.07, 6.45) is 5.20. The molecule has 1 aromatic heterocycles. The fourth-order valence-corrected chi connectivity index (χ4v) is 2.66. The van der Waals surface area contributed by atoms with Crippen LogP contribution in [-0.4, -0.2) is 29.0 Å². The molecule has 1 aliphatic heterocycles. The van der Waals surface area contributed by atoms with Crippen LogP contribution < -0.4 is 11.1 Å². The molecule has 1 aliphatic rings. The van der Waals surface area contributed by atoms with E-state index in [9.17, 15) is 4.79 Å². The first-order valence-corrected chi connectivity index (χ1v) is 8.21. The molecule has 0 radical (unpaired) electrons. The standard InChI is InChI=1S/C18H25N5O/c1-4-11(2)22-17(20)15(9-19)16-6-5-13(10-21-16)8-14-7-12(3)23-18(14)24/h5-6,9-11,14-15,19H,3-4,7-8H2,1-2H3,(H2,20,22)(H,23,24). The summed E-state index contributed by atoms with van der Waals surface area (Å²) in [6.45, 7) is 7.83. The lowest BCUT2D eigenvalue weighted by molar-refractivity contribution is -0.122. The zero-order valence-corrected chi connectivity index (χ0v) is 14.2. The number of aliphatic imine (C=N–C) groups is 1. The van der Waals surface area contributed by atoms with E-state index in [-0.39, 0.29) is 17.9 Å². The maximum atomic E-state index is 11.8. The summed E-state index contributed by atoms with van der Waals surface area (Å²) in [6, 6.07) is 3.91. The number of hydrogen-bond acceptors (Lipinski definition) is 4. The quantitative estimate of drug-likeness (QED) is 0.528. The minimum Gasteiger partial charge on any atom is -0.387 e. The van der Waals surface area contributed by atoms with Crippen molar-refractivity contribution in [1.82, 2.24) is 10.3 Å². The molecule has 0 spiro atoms. The third-order valence-corrected chi connectivity index (χ3v) is 4.26. The van der Waals surface area contributed by atoms with Gasteiger partial charge in [0.15, 0.2) is 0 Å². The molecule has 1 saturated heterocycles. The number of amidine groups is 1. The van der Waals surface area contributed by atoms with Crippen molar-refractivity contribution in [3.8, 4) is 0 Å². The van der Waals surface area contributed by atoms with Crippen LogP contribution in [-0.2, 0) is 11.2 Å². The van der Waals surface area contributed by atoms with Crippen LogP contribution in [0.2, 0.25) is 0 Å². The molecule has 0 saturated carbocycles. The van der Waals surface area contributed by atoms with Gasteiger partial charge in [0.1, 0.15) is 5.84 Å². The predicted molar refractivity (Wildman–Crippen MR) is 96.2 cm³/mol. The van der Waals surface area contributed by atoms with Crippen molar-refractivity contribution in [2.75, 3.05) is 0 Å². The summed E-state index contributed by atoms with van der Waals surface area (Å²) in [5, 5.41) is 10.4. The minimum atomic E-state index is -0.414. The zero-order chi connectivity index (χ0) is 17.7. The van der Waals surface area contributed by atoms with Gasteiger partial charge in [-0.2, -0.15) is 0 Å². The molecule has 6 heteroatoms. The van der Waals surface area contributed by atoms with Gasteiger partial charge in [0.25, 0.3) is 0 Å². The molecule has 0 bridgehead atoms. The van der Waals surface area contributed by atoms with Crippen LogP contribution in [0.25, 0.3) is 0 Å². The van der Waals surface area contributed by atoms with Crippen LogP contribution in [0.1, 0.15) is 43.9 Å². The Labute approximate surface area is 142 Å². The van der Waals surface area contributed by atoms with Crippen molar-refractivity contribution in [1.29, 1.82) is 5.41 Å². The molecule has 1 amide bonds. The number of nitrogens with zero attached hydrogens (tertiary/aromatic N) is 2. The van der Waals surface area contributed by atoms with Gasteiger partial charge >= 0.3 is 0 Å². The van der Waals surface area contributed by atoms with Gasteiger partial charge in [0, 0.05) is 30.1 Å². The summed E-state index contributed by atoms with van der Waals surface area (Å²) < 4.78 is 0. The second-order valence-corrected chi connectivity index (χ2v) is 6.24. The number of nitrogens with one attached hydrogen (secondary N) is 2. The van der Waals surface area contributed by atoms with E-state index in [1.807, 2.05) is 26.0 Å². The third kappa shape index (κ3) is 4.28. The highest BCUT2D eigenvalue weighted by atomic mass is 16.2. The number of carbonyl (C=O) groups excluding carboxylic acids is 1. The summed E-state index contributed by atoms with van der Waals surface area (Å²) >= 11 is 0. The van der Waals surface area contributed by atoms with Crippen molar-refractivity contribution < 1.29 is 4.79 Å². The van der Waals surface area contributed by atoms with Gasteiger partial charge in [-0.05, 0) is 37.8 Å². The van der Waals surface area contributed by atoms with Crippen molar-refractivity contribution in [2.45, 2.75) is 45.1 Å². The molecule has 2 rings (SSSR count). The van der Waals surface area contributed by atoms with Crippen LogP contribution >= 0.6 is 0 Å². The molecule has 128 valence electrons. The Morgan fingerprint density at radius 3 is 2.88 bits per heavy atom. The monoisotopic (exact) mass is 327 g/mol. The van der Waals surface area contributed by atoms with Gasteiger partial charge in [-0.1, -0.05) is 19.6 Å². The topological polar surface area (TPSA) is 104 Å². The fraction of sp³-hybridized carbons (Fsp3) is 0.444. The van der Waals surface area contributed by atoms with E-state index in [4.69, 9.17) is 11.1 Å². The number of pyridine rings is 1. The summed E-state index contributed by atoms with van der Waals surface area (Å²) in [5.74, 6) is -0.0687. The number of carbonyl (C=O) groups is 1. The molecule has 1 fully saturated rings. The molecule has 1 aromatic rings. The molecule has 3 unspecified atom stereocenters. The highest BCUT2D eigenvalue weighted by Gasteiger charge is 2.27. The highest BCUT2D eigenvalue weighted by Crippen LogP contribution is 2.22. The lowest BCUT2D eigenvalue weighted by atomic mass is 9.97. The maximum Gasteiger partial charge on any atom is 0.227 e. The Bertz CT molecular complexity index is 650. The molecule has 3 atom stereocenters. The maximum absolute atomic E-state index is 11.8. The average molecular weight is 327 g/mol. The average Bonchev–Trinajstić information content (AvgIpc) is 2.87. The summed E-state index contributed by atoms with van der Waals surface area (Å²) in [4.78, 5) is 20.6. The van der Waals surface area contributed by atoms with E-state index in [0.717, 1.165) is 17.7 Å². The smallest absolute Gasteiger partial charge is 0.227 e. The Morgan fingerprint density at radius 1 is 1.62 bits per heavy atom. The van der Waals surface area contributed by atoms with E-state index in [1.54, 1.807) is 6.20 Å². The van der Waals surface area contributed by atoms with Crippen molar-refractivity contribution in [3.63, 3.8) is 0 Å². The first-order chi connectivity index (χ1) is 11.4. The summed E-state index contributed by atoms with van der Waals surface area (Å²) in [7, 11) is 0. The zero-order valence-electron chi connectivity index (χ0n) is 14.2. The van der Waals surface area contributed by atoms with Crippen molar-refractivity contribution in [2.24, 2.45) is 16.6 Å². The molecular weight excluding hydrogens is 302 g/mol. The first kappa shape index (κ1) is 17.8. The minimum absolute atomic E-state index is 0.0198. The third-order valence-electron chi connectivity index (χ3n) is 4.26. The molecule has 4 N–H and O–H groups in total. The summed E-state index contributed by atoms with van der Waals surface area (Å²) in [5.41, 5.74) is 8.48. The van der Waals surface area contributed by atoms with Crippen molar-refractivity contribution >= 4 is 18.0 Å². The van der Waals surface area contributed by atoms with E-state index >= 15 is 0 Å². The molecule has 6 nitrogen and oxygen atoms in total. The highest BCUT2D eigenvalue weighted by molar-refractivity contribution is 6.00. The second-order valence-electron chi connectivity index (χ2n) is 6.24. The number of amides is 1. The van der Waals surface area contributed by atoms with Crippen LogP contribution in [0.15, 0.2) is 35.6 Å². The van der Waals surface area contributed by atoms with Crippen LogP contribution in [0, 0.1) is 11.3 Å². The van der Waals surface area contributed by atoms with Gasteiger partial charge in [0.2, 0.25) is 5.91 Å². The Morgan fingerprint density at radius 2 is 2.38 bits per heavy atom. The number of allylic oxidation sites excluding steroid dienone is 1. The number of nitrogens with two attached hydrogens (primary N) is 1. The van der Waals surface area contributed by atoms with Gasteiger partial charge < -0.3 is 16.5 Å². The van der Waals surface area contributed by atoms with Crippen LogP contribution in [0.4, 0.5) is 0 Å². The lowest BCUT2D eigenvalue weighted by Crippen LogP contribution is -2.25. The van der Waals surface area contributed by atoms with Crippen molar-refractivity contribution in [3.05, 3.63) is 41.9 Å². The van der Waals surface area contributed by atoms with Gasteiger partial charge in [-0.3, -0.25) is 14.8 Å². The molecular formula is C18H25N5O. The van der Waals surface area contributed by atoms with Gasteiger partial charge in [0.05, 0.1) is 11.6 Å². The normalized spacial score (nSPS) is 20.6. The fourth-order valence-electron chi connectivity index (χ4n) is 2.66. The first-order valence-electron chi connectivity index (χ1n) is 8.21. The van der Waals surface area contributed by atoms with Gasteiger partial charge in [-0.15, -0.1) is 0 Å². The predicted octanol–water partition coefficient (Wildman–Crippen LogP) is 2.16. The van der Waals surface area contributed by atoms with Gasteiger partial charge in [-0.25, -0.2) is 0 Å². The van der Waals surface area contributed by atoms with E-state index in [1.165, 1.54) is 6.21 Å². The Hall–Kier alpha value is -2.50. The number of hydrogen-bond donors (Lipinski definition) is 3. The second kappa shape index (κ2) is 7.86. The van der Waals surface area contributed by atoms with E-state index in [2.05, 4.69) is 21.9 Å². The van der Waals surface area contributed by atoms with E-state index < -0.39 is 5.92 Å². The van der Waals surface area contributed by atoms with E-state index in [0.29, 0.717) is 24.4 Å². The van der Waals surface area contributed by atoms with Crippen LogP contribution in [0.5, 0.6) is 0 Å². The molecule has 0 aromatic carbocycles. The Kier molecular flexibility index (Phi) is 5.84. The molecule has 2 heterocycles. The Balaban J connectivity index is 2.10. The number of rotatable bonds is 7. The molecule has 24 heavy (non-hydrogen) atoms. The SMILES string of the molecule is C=C1CC(Cc2ccc(C(C=N)C(N)=NC(C)CC)nc2)C(=O)N1. The largest absolute Gasteiger partial charge is 0.387 e.